The Balaban J connectivity index is 2.08. The molecule has 0 spiro atoms. The molecule has 0 fully saturated rings. The fourth-order valence-electron chi connectivity index (χ4n) is 2.89. The van der Waals surface area contributed by atoms with Crippen LogP contribution in [0.5, 0.6) is 5.88 Å². The standard InChI is InChI=1S/C20H16N4O/c1-25-20-18(16-12-13-21-22-16)17(14-8-4-2-5-9-14)19(23-24-20)15-10-6-3-7-11-15/h2-13H,1H3,(H,21,22). The lowest BCUT2D eigenvalue weighted by molar-refractivity contribution is 0.394. The topological polar surface area (TPSA) is 63.7 Å². The third-order valence-corrected chi connectivity index (χ3v) is 4.01. The van der Waals surface area contributed by atoms with Crippen LogP contribution in [0.2, 0.25) is 0 Å². The molecule has 4 rings (SSSR count). The quantitative estimate of drug-likeness (QED) is 0.609. The van der Waals surface area contributed by atoms with Gasteiger partial charge in [0.2, 0.25) is 5.88 Å². The molecule has 0 radical (unpaired) electrons. The third kappa shape index (κ3) is 2.76. The second kappa shape index (κ2) is 6.57. The van der Waals surface area contributed by atoms with Crippen LogP contribution in [0.25, 0.3) is 33.6 Å². The highest BCUT2D eigenvalue weighted by Crippen LogP contribution is 2.41. The number of benzene rings is 2. The van der Waals surface area contributed by atoms with Gasteiger partial charge >= 0.3 is 0 Å². The number of H-pyrrole nitrogens is 1. The summed E-state index contributed by atoms with van der Waals surface area (Å²) in [5.41, 5.74) is 5.49. The minimum absolute atomic E-state index is 0.461. The smallest absolute Gasteiger partial charge is 0.243 e. The Hall–Kier alpha value is -3.47. The lowest BCUT2D eigenvalue weighted by Crippen LogP contribution is -2.01. The molecule has 0 unspecified atom stereocenters. The van der Waals surface area contributed by atoms with E-state index < -0.39 is 0 Å². The van der Waals surface area contributed by atoms with E-state index in [0.29, 0.717) is 5.88 Å². The highest BCUT2D eigenvalue weighted by molar-refractivity contribution is 5.93. The zero-order valence-corrected chi connectivity index (χ0v) is 13.7. The van der Waals surface area contributed by atoms with Gasteiger partial charge in [-0.1, -0.05) is 60.7 Å². The van der Waals surface area contributed by atoms with Gasteiger partial charge in [-0.3, -0.25) is 5.10 Å². The van der Waals surface area contributed by atoms with E-state index in [2.05, 4.69) is 32.5 Å². The molecule has 0 aliphatic carbocycles. The monoisotopic (exact) mass is 328 g/mol. The van der Waals surface area contributed by atoms with Crippen LogP contribution in [0.15, 0.2) is 72.9 Å². The molecule has 0 amide bonds. The summed E-state index contributed by atoms with van der Waals surface area (Å²) in [6, 6.07) is 22.1. The van der Waals surface area contributed by atoms with Crippen LogP contribution < -0.4 is 4.74 Å². The highest BCUT2D eigenvalue weighted by atomic mass is 16.5. The molecule has 1 N–H and O–H groups in total. The molecule has 0 aliphatic heterocycles. The summed E-state index contributed by atoms with van der Waals surface area (Å²) in [5.74, 6) is 0.461. The number of aromatic amines is 1. The molecule has 0 bridgehead atoms. The SMILES string of the molecule is COc1nnc(-c2ccccc2)c(-c2ccccc2)c1-c1ccn[nH]1. The predicted molar refractivity (Wildman–Crippen MR) is 97.0 cm³/mol. The van der Waals surface area contributed by atoms with Gasteiger partial charge in [-0.05, 0) is 11.6 Å². The maximum Gasteiger partial charge on any atom is 0.243 e. The van der Waals surface area contributed by atoms with Gasteiger partial charge < -0.3 is 4.74 Å². The number of hydrogen-bond donors (Lipinski definition) is 1. The normalized spacial score (nSPS) is 10.6. The van der Waals surface area contributed by atoms with E-state index in [4.69, 9.17) is 4.74 Å². The maximum atomic E-state index is 5.50. The Labute approximate surface area is 145 Å². The Morgan fingerprint density at radius 1 is 0.760 bits per heavy atom. The van der Waals surface area contributed by atoms with Crippen LogP contribution in [0, 0.1) is 0 Å². The zero-order valence-electron chi connectivity index (χ0n) is 13.7. The van der Waals surface area contributed by atoms with Gasteiger partial charge in [0, 0.05) is 17.3 Å². The largest absolute Gasteiger partial charge is 0.479 e. The summed E-state index contributed by atoms with van der Waals surface area (Å²) in [6.07, 6.45) is 1.71. The second-order valence-corrected chi connectivity index (χ2v) is 5.51. The first kappa shape index (κ1) is 15.1. The molecule has 2 heterocycles. The van der Waals surface area contributed by atoms with E-state index in [9.17, 15) is 0 Å². The number of ether oxygens (including phenoxy) is 1. The molecule has 25 heavy (non-hydrogen) atoms. The fraction of sp³-hybridized carbons (Fsp3) is 0.0500. The van der Waals surface area contributed by atoms with E-state index in [1.54, 1.807) is 13.3 Å². The van der Waals surface area contributed by atoms with Crippen molar-refractivity contribution >= 4 is 0 Å². The van der Waals surface area contributed by atoms with E-state index in [0.717, 1.165) is 33.6 Å². The third-order valence-electron chi connectivity index (χ3n) is 4.01. The Morgan fingerprint density at radius 2 is 1.44 bits per heavy atom. The summed E-state index contributed by atoms with van der Waals surface area (Å²) >= 11 is 0. The van der Waals surface area contributed by atoms with Gasteiger partial charge in [0.15, 0.2) is 0 Å². The predicted octanol–water partition coefficient (Wildman–Crippen LogP) is 4.21. The van der Waals surface area contributed by atoms with Crippen molar-refractivity contribution in [1.82, 2.24) is 20.4 Å². The van der Waals surface area contributed by atoms with Crippen molar-refractivity contribution in [3.8, 4) is 39.5 Å². The van der Waals surface area contributed by atoms with Gasteiger partial charge in [-0.15, -0.1) is 10.2 Å². The van der Waals surface area contributed by atoms with Gasteiger partial charge in [-0.2, -0.15) is 5.10 Å². The highest BCUT2D eigenvalue weighted by Gasteiger charge is 2.22. The molecule has 0 atom stereocenters. The second-order valence-electron chi connectivity index (χ2n) is 5.51. The van der Waals surface area contributed by atoms with Crippen LogP contribution in [0.3, 0.4) is 0 Å². The van der Waals surface area contributed by atoms with Gasteiger partial charge in [0.05, 0.1) is 18.4 Å². The van der Waals surface area contributed by atoms with Crippen molar-refractivity contribution in [1.29, 1.82) is 0 Å². The summed E-state index contributed by atoms with van der Waals surface area (Å²) < 4.78 is 5.50. The molecule has 0 saturated heterocycles. The van der Waals surface area contributed by atoms with Gasteiger partial charge in [-0.25, -0.2) is 0 Å². The molecular formula is C20H16N4O. The van der Waals surface area contributed by atoms with E-state index in [-0.39, 0.29) is 0 Å². The van der Waals surface area contributed by atoms with Crippen molar-refractivity contribution < 1.29 is 4.74 Å². The Kier molecular flexibility index (Phi) is 3.96. The van der Waals surface area contributed by atoms with Crippen molar-refractivity contribution in [2.75, 3.05) is 7.11 Å². The van der Waals surface area contributed by atoms with Crippen LogP contribution >= 0.6 is 0 Å². The van der Waals surface area contributed by atoms with Crippen LogP contribution in [0.1, 0.15) is 0 Å². The number of hydrogen-bond acceptors (Lipinski definition) is 4. The number of methoxy groups -OCH3 is 1. The number of aromatic nitrogens is 4. The summed E-state index contributed by atoms with van der Waals surface area (Å²) in [6.45, 7) is 0. The molecule has 2 aromatic heterocycles. The summed E-state index contributed by atoms with van der Waals surface area (Å²) in [5, 5.41) is 15.9. The summed E-state index contributed by atoms with van der Waals surface area (Å²) in [4.78, 5) is 0. The first-order valence-electron chi connectivity index (χ1n) is 7.93. The molecule has 2 aromatic carbocycles. The summed E-state index contributed by atoms with van der Waals surface area (Å²) in [7, 11) is 1.60. The average molecular weight is 328 g/mol. The van der Waals surface area contributed by atoms with Crippen molar-refractivity contribution in [2.45, 2.75) is 0 Å². The molecule has 4 aromatic rings. The number of nitrogens with one attached hydrogen (secondary N) is 1. The van der Waals surface area contributed by atoms with Gasteiger partial charge in [0.1, 0.15) is 5.69 Å². The zero-order chi connectivity index (χ0) is 17.1. The van der Waals surface area contributed by atoms with E-state index in [1.165, 1.54) is 0 Å². The molecule has 5 heteroatoms. The number of nitrogens with zero attached hydrogens (tertiary/aromatic N) is 3. The van der Waals surface area contributed by atoms with Crippen molar-refractivity contribution in [3.63, 3.8) is 0 Å². The first-order valence-corrected chi connectivity index (χ1v) is 7.93. The minimum Gasteiger partial charge on any atom is -0.479 e. The average Bonchev–Trinajstić information content (AvgIpc) is 3.22. The Morgan fingerprint density at radius 3 is 2.04 bits per heavy atom. The molecule has 0 aliphatic rings. The molecule has 0 saturated carbocycles. The Bertz CT molecular complexity index is 968. The van der Waals surface area contributed by atoms with Crippen LogP contribution in [-0.4, -0.2) is 27.5 Å². The number of rotatable bonds is 4. The van der Waals surface area contributed by atoms with Crippen LogP contribution in [-0.2, 0) is 0 Å². The lowest BCUT2D eigenvalue weighted by Gasteiger charge is -2.15. The minimum atomic E-state index is 0.461. The van der Waals surface area contributed by atoms with E-state index in [1.807, 2.05) is 54.6 Å². The molecular weight excluding hydrogens is 312 g/mol. The molecule has 122 valence electrons. The maximum absolute atomic E-state index is 5.50. The van der Waals surface area contributed by atoms with Crippen molar-refractivity contribution in [3.05, 3.63) is 72.9 Å². The van der Waals surface area contributed by atoms with Crippen molar-refractivity contribution in [2.24, 2.45) is 0 Å². The van der Waals surface area contributed by atoms with Crippen LogP contribution in [0.4, 0.5) is 0 Å². The fourth-order valence-corrected chi connectivity index (χ4v) is 2.89. The molecule has 5 nitrogen and oxygen atoms in total. The van der Waals surface area contributed by atoms with Gasteiger partial charge in [0.25, 0.3) is 0 Å². The lowest BCUT2D eigenvalue weighted by atomic mass is 9.94. The first-order chi connectivity index (χ1) is 12.4. The van der Waals surface area contributed by atoms with E-state index >= 15 is 0 Å².